The van der Waals surface area contributed by atoms with E-state index in [0.717, 1.165) is 38.5 Å². The predicted molar refractivity (Wildman–Crippen MR) is 109 cm³/mol. The minimum Gasteiger partial charge on any atom is -0.449 e. The van der Waals surface area contributed by atoms with E-state index < -0.39 is 22.1 Å². The first-order chi connectivity index (χ1) is 13.9. The lowest BCUT2D eigenvalue weighted by atomic mass is 10.2. The van der Waals surface area contributed by atoms with Crippen LogP contribution in [0.1, 0.15) is 51.0 Å². The summed E-state index contributed by atoms with van der Waals surface area (Å²) in [6.07, 6.45) is 7.76. The zero-order valence-electron chi connectivity index (χ0n) is 16.7. The number of carbonyl (C=O) groups is 2. The molecular formula is C21H28N2O5S. The number of nitrogens with one attached hydrogen (secondary N) is 1. The standard InChI is InChI=1S/C21H28N2O5S/c1-16(21(25)22-18-9-10-18)28-20(24)13-8-17-6-11-19(12-7-17)29(26,27)23-14-4-2-3-5-15-23/h6-8,11-13,16,18H,2-5,9-10,14-15H2,1H3,(H,22,25)/b13-8+/t16-/m1/s1. The Balaban J connectivity index is 1.56. The van der Waals surface area contributed by atoms with Gasteiger partial charge in [0.1, 0.15) is 0 Å². The summed E-state index contributed by atoms with van der Waals surface area (Å²) in [6, 6.07) is 6.62. The van der Waals surface area contributed by atoms with E-state index in [1.54, 1.807) is 28.6 Å². The van der Waals surface area contributed by atoms with E-state index in [2.05, 4.69) is 5.32 Å². The molecule has 0 aromatic heterocycles. The van der Waals surface area contributed by atoms with Crippen LogP contribution in [0.5, 0.6) is 0 Å². The maximum Gasteiger partial charge on any atom is 0.331 e. The zero-order valence-corrected chi connectivity index (χ0v) is 17.5. The van der Waals surface area contributed by atoms with Gasteiger partial charge >= 0.3 is 5.97 Å². The molecule has 8 heteroatoms. The highest BCUT2D eigenvalue weighted by Gasteiger charge is 2.27. The Kier molecular flexibility index (Phi) is 7.08. The topological polar surface area (TPSA) is 92.8 Å². The average molecular weight is 421 g/mol. The van der Waals surface area contributed by atoms with E-state index >= 15 is 0 Å². The smallest absolute Gasteiger partial charge is 0.331 e. The van der Waals surface area contributed by atoms with Crippen LogP contribution in [0.2, 0.25) is 0 Å². The van der Waals surface area contributed by atoms with Gasteiger partial charge in [0.05, 0.1) is 4.90 Å². The number of sulfonamides is 1. The molecule has 0 bridgehead atoms. The molecule has 1 saturated heterocycles. The molecule has 1 saturated carbocycles. The fraction of sp³-hybridized carbons (Fsp3) is 0.524. The van der Waals surface area contributed by atoms with Crippen molar-refractivity contribution in [3.8, 4) is 0 Å². The third kappa shape index (κ3) is 6.14. The maximum absolute atomic E-state index is 12.8. The fourth-order valence-electron chi connectivity index (χ4n) is 3.16. The highest BCUT2D eigenvalue weighted by molar-refractivity contribution is 7.89. The van der Waals surface area contributed by atoms with Gasteiger partial charge in [0.15, 0.2) is 6.10 Å². The molecule has 29 heavy (non-hydrogen) atoms. The summed E-state index contributed by atoms with van der Waals surface area (Å²) in [7, 11) is -3.49. The summed E-state index contributed by atoms with van der Waals surface area (Å²) >= 11 is 0. The Morgan fingerprint density at radius 2 is 1.72 bits per heavy atom. The Labute approximate surface area is 172 Å². The summed E-state index contributed by atoms with van der Waals surface area (Å²) in [4.78, 5) is 24.0. The molecule has 2 aliphatic rings. The second-order valence-corrected chi connectivity index (χ2v) is 9.52. The third-order valence-electron chi connectivity index (χ3n) is 5.08. The molecule has 158 valence electrons. The van der Waals surface area contributed by atoms with Crippen LogP contribution >= 0.6 is 0 Å². The van der Waals surface area contributed by atoms with Gasteiger partial charge in [-0.3, -0.25) is 4.79 Å². The summed E-state index contributed by atoms with van der Waals surface area (Å²) in [5.74, 6) is -0.915. The minimum atomic E-state index is -3.49. The van der Waals surface area contributed by atoms with Gasteiger partial charge < -0.3 is 10.1 Å². The summed E-state index contributed by atoms with van der Waals surface area (Å²) in [5.41, 5.74) is 0.673. The Morgan fingerprint density at radius 1 is 1.10 bits per heavy atom. The van der Waals surface area contributed by atoms with E-state index in [-0.39, 0.29) is 16.8 Å². The van der Waals surface area contributed by atoms with Crippen molar-refractivity contribution >= 4 is 28.0 Å². The molecule has 3 rings (SSSR count). The van der Waals surface area contributed by atoms with E-state index in [1.807, 2.05) is 0 Å². The zero-order chi connectivity index (χ0) is 20.9. The molecular weight excluding hydrogens is 392 g/mol. The van der Waals surface area contributed by atoms with Crippen molar-refractivity contribution in [3.05, 3.63) is 35.9 Å². The lowest BCUT2D eigenvalue weighted by Gasteiger charge is -2.19. The normalized spacial score (nSPS) is 19.5. The van der Waals surface area contributed by atoms with Crippen LogP contribution in [-0.4, -0.2) is 49.8 Å². The highest BCUT2D eigenvalue weighted by Crippen LogP contribution is 2.21. The van der Waals surface area contributed by atoms with E-state index in [9.17, 15) is 18.0 Å². The number of hydrogen-bond donors (Lipinski definition) is 1. The molecule has 1 amide bonds. The van der Waals surface area contributed by atoms with Gasteiger partial charge in [-0.1, -0.05) is 25.0 Å². The van der Waals surface area contributed by atoms with Crippen LogP contribution in [0, 0.1) is 0 Å². The van der Waals surface area contributed by atoms with Crippen LogP contribution in [-0.2, 0) is 24.3 Å². The molecule has 7 nitrogen and oxygen atoms in total. The third-order valence-corrected chi connectivity index (χ3v) is 6.99. The number of benzene rings is 1. The van der Waals surface area contributed by atoms with Gasteiger partial charge in [0.2, 0.25) is 10.0 Å². The first kappa shape index (κ1) is 21.5. The average Bonchev–Trinajstić information content (AvgIpc) is 3.53. The lowest BCUT2D eigenvalue weighted by molar-refractivity contribution is -0.150. The van der Waals surface area contributed by atoms with Crippen molar-refractivity contribution in [1.29, 1.82) is 0 Å². The van der Waals surface area contributed by atoms with Crippen molar-refractivity contribution in [1.82, 2.24) is 9.62 Å². The van der Waals surface area contributed by atoms with E-state index in [4.69, 9.17) is 4.74 Å². The largest absolute Gasteiger partial charge is 0.449 e. The molecule has 2 fully saturated rings. The lowest BCUT2D eigenvalue weighted by Crippen LogP contribution is -2.36. The minimum absolute atomic E-state index is 0.211. The Morgan fingerprint density at radius 3 is 2.31 bits per heavy atom. The van der Waals surface area contributed by atoms with Crippen LogP contribution in [0.25, 0.3) is 6.08 Å². The SMILES string of the molecule is C[C@@H](OC(=O)/C=C/c1ccc(S(=O)(=O)N2CCCCCC2)cc1)C(=O)NC1CC1. The number of carbonyl (C=O) groups excluding carboxylic acids is 2. The summed E-state index contributed by atoms with van der Waals surface area (Å²) in [6.45, 7) is 2.65. The van der Waals surface area contributed by atoms with Gasteiger partial charge in [-0.25, -0.2) is 13.2 Å². The number of esters is 1. The quantitative estimate of drug-likeness (QED) is 0.540. The number of ether oxygens (including phenoxy) is 1. The molecule has 1 N–H and O–H groups in total. The molecule has 0 spiro atoms. The number of rotatable bonds is 7. The Bertz CT molecular complexity index is 852. The molecule has 1 aromatic rings. The van der Waals surface area contributed by atoms with Crippen LogP contribution in [0.3, 0.4) is 0 Å². The van der Waals surface area contributed by atoms with Gasteiger partial charge in [-0.15, -0.1) is 0 Å². The number of hydrogen-bond acceptors (Lipinski definition) is 5. The van der Waals surface area contributed by atoms with Gasteiger partial charge in [-0.2, -0.15) is 4.31 Å². The molecule has 1 atom stereocenters. The first-order valence-corrected chi connectivity index (χ1v) is 11.6. The molecule has 1 aliphatic heterocycles. The first-order valence-electron chi connectivity index (χ1n) is 10.2. The van der Waals surface area contributed by atoms with E-state index in [1.165, 1.54) is 19.1 Å². The van der Waals surface area contributed by atoms with Crippen molar-refractivity contribution in [3.63, 3.8) is 0 Å². The second-order valence-electron chi connectivity index (χ2n) is 7.58. The highest BCUT2D eigenvalue weighted by atomic mass is 32.2. The van der Waals surface area contributed by atoms with Crippen molar-refractivity contribution in [2.75, 3.05) is 13.1 Å². The number of amides is 1. The molecule has 0 radical (unpaired) electrons. The maximum atomic E-state index is 12.8. The monoisotopic (exact) mass is 420 g/mol. The van der Waals surface area contributed by atoms with Crippen molar-refractivity contribution in [2.45, 2.75) is 62.5 Å². The Hall–Kier alpha value is -2.19. The molecule has 1 aliphatic carbocycles. The second kappa shape index (κ2) is 9.54. The number of nitrogens with zero attached hydrogens (tertiary/aromatic N) is 1. The van der Waals surface area contributed by atoms with Crippen LogP contribution in [0.15, 0.2) is 35.2 Å². The summed E-state index contributed by atoms with van der Waals surface area (Å²) in [5, 5.41) is 2.78. The van der Waals surface area contributed by atoms with Gasteiger partial charge in [0, 0.05) is 25.2 Å². The molecule has 1 aromatic carbocycles. The van der Waals surface area contributed by atoms with Crippen LogP contribution in [0.4, 0.5) is 0 Å². The summed E-state index contributed by atoms with van der Waals surface area (Å²) < 4.78 is 32.2. The fourth-order valence-corrected chi connectivity index (χ4v) is 4.68. The van der Waals surface area contributed by atoms with Gasteiger partial charge in [0.25, 0.3) is 5.91 Å². The van der Waals surface area contributed by atoms with Crippen molar-refractivity contribution < 1.29 is 22.7 Å². The predicted octanol–water partition coefficient (Wildman–Crippen LogP) is 2.47. The van der Waals surface area contributed by atoms with Crippen LogP contribution < -0.4 is 5.32 Å². The van der Waals surface area contributed by atoms with E-state index in [0.29, 0.717) is 18.7 Å². The van der Waals surface area contributed by atoms with Crippen molar-refractivity contribution in [2.24, 2.45) is 0 Å². The van der Waals surface area contributed by atoms with Gasteiger partial charge in [-0.05, 0) is 56.4 Å². The molecule has 1 heterocycles. The molecule has 0 unspecified atom stereocenters.